The van der Waals surface area contributed by atoms with Crippen LogP contribution in [0.25, 0.3) is 0 Å². The number of carbonyl (C=O) groups excluding carboxylic acids is 2. The smallest absolute Gasteiger partial charge is 0.292 e. The fraction of sp³-hybridized carbons (Fsp3) is 0.556. The summed E-state index contributed by atoms with van der Waals surface area (Å²) < 4.78 is 5.41. The number of nitrogens with one attached hydrogen (secondary N) is 2. The van der Waals surface area contributed by atoms with Crippen molar-refractivity contribution in [2.45, 2.75) is 19.4 Å². The average molecular weight is 349 g/mol. The third-order valence-corrected chi connectivity index (χ3v) is 5.11. The van der Waals surface area contributed by atoms with Crippen LogP contribution in [0.4, 0.5) is 5.69 Å². The number of ether oxygens (including phenoxy) is 1. The maximum atomic E-state index is 12.8. The zero-order valence-electron chi connectivity index (χ0n) is 14.7. The van der Waals surface area contributed by atoms with Crippen LogP contribution in [0, 0.1) is 0 Å². The molecule has 0 saturated carbocycles. The van der Waals surface area contributed by atoms with E-state index in [0.717, 1.165) is 38.5 Å². The summed E-state index contributed by atoms with van der Waals surface area (Å²) in [4.78, 5) is 29.2. The van der Waals surface area contributed by atoms with E-state index in [0.29, 0.717) is 12.3 Å². The topological polar surface area (TPSA) is 75.7 Å². The molecule has 7 heteroatoms. The third kappa shape index (κ3) is 3.84. The van der Waals surface area contributed by atoms with Crippen molar-refractivity contribution in [3.63, 3.8) is 0 Å². The summed E-state index contributed by atoms with van der Waals surface area (Å²) in [6.45, 7) is 7.01. The summed E-state index contributed by atoms with van der Waals surface area (Å²) in [5.41, 5.74) is 0.616. The van der Waals surface area contributed by atoms with Crippen LogP contribution in [0.3, 0.4) is 0 Å². The summed E-state index contributed by atoms with van der Waals surface area (Å²) in [5, 5.41) is 9.04. The Hall–Kier alpha value is -1.96. The van der Waals surface area contributed by atoms with Crippen LogP contribution in [-0.4, -0.2) is 68.9 Å². The predicted molar refractivity (Wildman–Crippen MR) is 91.9 cm³/mol. The normalized spacial score (nSPS) is 27.0. The van der Waals surface area contributed by atoms with Crippen molar-refractivity contribution in [2.75, 3.05) is 50.8 Å². The Morgan fingerprint density at radius 1 is 1.16 bits per heavy atom. The molecule has 1 aromatic carbocycles. The molecular formula is C18H27N3O4+2. The van der Waals surface area contributed by atoms with Gasteiger partial charge in [0.15, 0.2) is 6.04 Å². The number of piperazine rings is 1. The van der Waals surface area contributed by atoms with Crippen LogP contribution in [0.15, 0.2) is 24.3 Å². The van der Waals surface area contributed by atoms with Crippen molar-refractivity contribution in [1.29, 1.82) is 0 Å². The summed E-state index contributed by atoms with van der Waals surface area (Å²) >= 11 is 0. The molecular weight excluding hydrogens is 322 g/mol. The molecule has 2 aliphatic rings. The monoisotopic (exact) mass is 349 g/mol. The Balaban J connectivity index is 1.66. The number of quaternary nitrogens is 2. The van der Waals surface area contributed by atoms with Crippen LogP contribution in [-0.2, 0) is 9.59 Å². The van der Waals surface area contributed by atoms with Gasteiger partial charge in [-0.1, -0.05) is 0 Å². The van der Waals surface area contributed by atoms with E-state index in [1.54, 1.807) is 24.3 Å². The first-order valence-corrected chi connectivity index (χ1v) is 9.02. The van der Waals surface area contributed by atoms with Gasteiger partial charge in [0.05, 0.1) is 25.3 Å². The molecule has 25 heavy (non-hydrogen) atoms. The maximum absolute atomic E-state index is 12.8. The van der Waals surface area contributed by atoms with Crippen LogP contribution in [0.5, 0.6) is 5.75 Å². The van der Waals surface area contributed by atoms with Gasteiger partial charge in [0.2, 0.25) is 5.91 Å². The van der Waals surface area contributed by atoms with E-state index in [1.165, 1.54) is 14.7 Å². The molecule has 0 aliphatic carbocycles. The summed E-state index contributed by atoms with van der Waals surface area (Å²) in [7, 11) is 0. The second-order valence-electron chi connectivity index (χ2n) is 6.63. The lowest BCUT2D eigenvalue weighted by Gasteiger charge is -2.31. The molecule has 1 aromatic rings. The quantitative estimate of drug-likeness (QED) is 0.496. The number of aliphatic hydroxyl groups excluding tert-OH is 1. The van der Waals surface area contributed by atoms with Gasteiger partial charge >= 0.3 is 0 Å². The van der Waals surface area contributed by atoms with Gasteiger partial charge in [-0.05, 0) is 31.2 Å². The van der Waals surface area contributed by atoms with Gasteiger partial charge in [-0.2, -0.15) is 0 Å². The maximum Gasteiger partial charge on any atom is 0.292 e. The van der Waals surface area contributed by atoms with Crippen molar-refractivity contribution < 1.29 is 29.2 Å². The molecule has 2 amide bonds. The highest BCUT2D eigenvalue weighted by atomic mass is 16.5. The van der Waals surface area contributed by atoms with Gasteiger partial charge in [-0.25, -0.2) is 4.90 Å². The zero-order chi connectivity index (χ0) is 17.8. The minimum absolute atomic E-state index is 0.102. The van der Waals surface area contributed by atoms with E-state index < -0.39 is 0 Å². The minimum Gasteiger partial charge on any atom is -0.494 e. The number of aliphatic hydroxyl groups is 1. The second-order valence-corrected chi connectivity index (χ2v) is 6.63. The lowest BCUT2D eigenvalue weighted by Crippen LogP contribution is -3.30. The Morgan fingerprint density at radius 2 is 1.84 bits per heavy atom. The predicted octanol–water partition coefficient (Wildman–Crippen LogP) is -2.51. The van der Waals surface area contributed by atoms with Crippen molar-refractivity contribution >= 4 is 17.5 Å². The standard InChI is InChI=1S/C18H25N3O4/c1-2-25-15-5-3-14(4-6-15)21-17(23)13-16(18(21)24)20-9-7-19(8-10-20)11-12-22/h3-6,16,22H,2,7-13H2,1H3/p+2/t16-/m0/s1. The molecule has 3 N–H and O–H groups in total. The molecule has 1 atom stereocenters. The second kappa shape index (κ2) is 7.95. The molecule has 0 radical (unpaired) electrons. The zero-order valence-corrected chi connectivity index (χ0v) is 14.7. The first-order chi connectivity index (χ1) is 12.1. The van der Waals surface area contributed by atoms with Gasteiger partial charge in [0, 0.05) is 0 Å². The van der Waals surface area contributed by atoms with E-state index in [9.17, 15) is 9.59 Å². The van der Waals surface area contributed by atoms with Gasteiger partial charge in [0.25, 0.3) is 5.91 Å². The highest BCUT2D eigenvalue weighted by Crippen LogP contribution is 2.24. The van der Waals surface area contributed by atoms with Crippen molar-refractivity contribution in [2.24, 2.45) is 0 Å². The van der Waals surface area contributed by atoms with Gasteiger partial charge < -0.3 is 19.6 Å². The molecule has 0 aromatic heterocycles. The van der Waals surface area contributed by atoms with Crippen LogP contribution in [0.1, 0.15) is 13.3 Å². The molecule has 136 valence electrons. The Labute approximate surface area is 147 Å². The highest BCUT2D eigenvalue weighted by molar-refractivity contribution is 6.21. The number of nitrogens with zero attached hydrogens (tertiary/aromatic N) is 1. The molecule has 2 fully saturated rings. The summed E-state index contributed by atoms with van der Waals surface area (Å²) in [6, 6.07) is 6.83. The van der Waals surface area contributed by atoms with Gasteiger partial charge in [-0.3, -0.25) is 9.59 Å². The first kappa shape index (κ1) is 17.8. The Kier molecular flexibility index (Phi) is 5.67. The number of hydrogen-bond acceptors (Lipinski definition) is 4. The lowest BCUT2D eigenvalue weighted by molar-refractivity contribution is -1.02. The highest BCUT2D eigenvalue weighted by Gasteiger charge is 2.46. The fourth-order valence-electron chi connectivity index (χ4n) is 3.76. The third-order valence-electron chi connectivity index (χ3n) is 5.11. The average Bonchev–Trinajstić information content (AvgIpc) is 2.92. The van der Waals surface area contributed by atoms with Crippen molar-refractivity contribution in [1.82, 2.24) is 0 Å². The van der Waals surface area contributed by atoms with E-state index in [2.05, 4.69) is 0 Å². The molecule has 3 rings (SSSR count). The molecule has 2 saturated heterocycles. The molecule has 2 aliphatic heterocycles. The van der Waals surface area contributed by atoms with Crippen molar-refractivity contribution in [3.05, 3.63) is 24.3 Å². The largest absolute Gasteiger partial charge is 0.494 e. The Bertz CT molecular complexity index is 611. The Morgan fingerprint density at radius 3 is 2.44 bits per heavy atom. The SMILES string of the molecule is CCOc1ccc(N2C(=O)C[C@H]([NH+]3CC[NH+](CCO)CC3)C2=O)cc1. The van der Waals surface area contributed by atoms with Crippen LogP contribution in [0.2, 0.25) is 0 Å². The number of hydrogen-bond donors (Lipinski definition) is 3. The molecule has 7 nitrogen and oxygen atoms in total. The van der Waals surface area contributed by atoms with Gasteiger partial charge in [0.1, 0.15) is 38.5 Å². The number of benzene rings is 1. The van der Waals surface area contributed by atoms with Crippen LogP contribution >= 0.6 is 0 Å². The number of amides is 2. The van der Waals surface area contributed by atoms with E-state index in [-0.39, 0.29) is 30.9 Å². The molecule has 2 heterocycles. The molecule has 0 spiro atoms. The lowest BCUT2D eigenvalue weighted by atomic mass is 10.1. The van der Waals surface area contributed by atoms with E-state index >= 15 is 0 Å². The summed E-state index contributed by atoms with van der Waals surface area (Å²) in [6.07, 6.45) is 0.275. The van der Waals surface area contributed by atoms with Crippen LogP contribution < -0.4 is 19.4 Å². The van der Waals surface area contributed by atoms with E-state index in [1.807, 2.05) is 6.92 Å². The molecule has 0 unspecified atom stereocenters. The minimum atomic E-state index is -0.283. The number of carbonyl (C=O) groups is 2. The number of imide groups is 1. The molecule has 0 bridgehead atoms. The number of anilines is 1. The summed E-state index contributed by atoms with van der Waals surface area (Å²) in [5.74, 6) is 0.502. The first-order valence-electron chi connectivity index (χ1n) is 9.02. The number of rotatable bonds is 6. The fourth-order valence-corrected chi connectivity index (χ4v) is 3.76. The van der Waals surface area contributed by atoms with Crippen molar-refractivity contribution in [3.8, 4) is 5.75 Å². The van der Waals surface area contributed by atoms with E-state index in [4.69, 9.17) is 9.84 Å². The van der Waals surface area contributed by atoms with Gasteiger partial charge in [-0.15, -0.1) is 0 Å².